The van der Waals surface area contributed by atoms with Crippen molar-refractivity contribution in [3.8, 4) is 5.75 Å². The van der Waals surface area contributed by atoms with E-state index in [4.69, 9.17) is 5.41 Å². The van der Waals surface area contributed by atoms with Gasteiger partial charge in [-0.05, 0) is 6.92 Å². The number of nitro groups is 2. The van der Waals surface area contributed by atoms with Gasteiger partial charge in [-0.25, -0.2) is 0 Å². The SMILES string of the molecule is Cc1cc([N+](=O)[O-])cc([N+](=O)[O-])c1O.N=CN. The fraction of sp³-hybridized carbons (Fsp3) is 0.125. The van der Waals surface area contributed by atoms with Gasteiger partial charge in [-0.3, -0.25) is 25.6 Å². The molecule has 17 heavy (non-hydrogen) atoms. The Labute approximate surface area is 95.3 Å². The van der Waals surface area contributed by atoms with E-state index in [1.807, 2.05) is 0 Å². The monoisotopic (exact) mass is 242 g/mol. The van der Waals surface area contributed by atoms with Crippen LogP contribution < -0.4 is 5.73 Å². The first-order valence-corrected chi connectivity index (χ1v) is 4.18. The molecule has 0 aromatic heterocycles. The van der Waals surface area contributed by atoms with E-state index in [1.165, 1.54) is 6.92 Å². The predicted octanol–water partition coefficient (Wildman–Crippen LogP) is 1.07. The maximum atomic E-state index is 10.4. The minimum Gasteiger partial charge on any atom is -0.502 e. The van der Waals surface area contributed by atoms with Gasteiger partial charge in [-0.2, -0.15) is 0 Å². The van der Waals surface area contributed by atoms with E-state index in [1.54, 1.807) is 0 Å². The maximum Gasteiger partial charge on any atom is 0.317 e. The first-order valence-electron chi connectivity index (χ1n) is 4.18. The molecule has 0 aliphatic heterocycles. The van der Waals surface area contributed by atoms with Crippen LogP contribution in [0.25, 0.3) is 0 Å². The molecule has 1 rings (SSSR count). The third-order valence-electron chi connectivity index (χ3n) is 1.67. The third kappa shape index (κ3) is 3.74. The first-order chi connectivity index (χ1) is 7.84. The van der Waals surface area contributed by atoms with E-state index < -0.39 is 27.0 Å². The molecule has 0 aliphatic rings. The summed E-state index contributed by atoms with van der Waals surface area (Å²) in [6.45, 7) is 1.36. The van der Waals surface area contributed by atoms with Crippen LogP contribution in [0.4, 0.5) is 11.4 Å². The van der Waals surface area contributed by atoms with Crippen LogP contribution in [0.1, 0.15) is 5.56 Å². The molecular formula is C8H10N4O5. The highest BCUT2D eigenvalue weighted by molar-refractivity contribution is 5.57. The molecule has 0 radical (unpaired) electrons. The Morgan fingerprint density at radius 2 is 1.82 bits per heavy atom. The summed E-state index contributed by atoms with van der Waals surface area (Å²) < 4.78 is 0. The first kappa shape index (κ1) is 14.3. The van der Waals surface area contributed by atoms with Crippen LogP contribution >= 0.6 is 0 Å². The predicted molar refractivity (Wildman–Crippen MR) is 59.1 cm³/mol. The van der Waals surface area contributed by atoms with Gasteiger partial charge in [0.15, 0.2) is 5.75 Å². The molecule has 0 spiro atoms. The van der Waals surface area contributed by atoms with E-state index in [0.717, 1.165) is 18.5 Å². The average Bonchev–Trinajstić information content (AvgIpc) is 2.22. The summed E-state index contributed by atoms with van der Waals surface area (Å²) in [5.74, 6) is -0.541. The van der Waals surface area contributed by atoms with E-state index in [9.17, 15) is 25.3 Å². The van der Waals surface area contributed by atoms with Crippen LogP contribution in [0, 0.1) is 32.6 Å². The summed E-state index contributed by atoms with van der Waals surface area (Å²) in [7, 11) is 0. The van der Waals surface area contributed by atoms with Crippen LogP contribution in [0.5, 0.6) is 5.75 Å². The summed E-state index contributed by atoms with van der Waals surface area (Å²) in [5.41, 5.74) is 3.43. The number of nitro benzene ring substituents is 2. The highest BCUT2D eigenvalue weighted by Crippen LogP contribution is 2.33. The Kier molecular flexibility index (Phi) is 5.04. The van der Waals surface area contributed by atoms with Crippen molar-refractivity contribution in [1.29, 1.82) is 5.41 Å². The molecule has 1 aromatic carbocycles. The molecule has 0 unspecified atom stereocenters. The normalized spacial score (nSPS) is 8.76. The number of non-ortho nitro benzene ring substituents is 1. The van der Waals surface area contributed by atoms with Crippen LogP contribution in [-0.4, -0.2) is 21.3 Å². The van der Waals surface area contributed by atoms with Crippen LogP contribution in [0.2, 0.25) is 0 Å². The van der Waals surface area contributed by atoms with Crippen molar-refractivity contribution in [3.63, 3.8) is 0 Å². The van der Waals surface area contributed by atoms with E-state index in [0.29, 0.717) is 0 Å². The highest BCUT2D eigenvalue weighted by atomic mass is 16.6. The van der Waals surface area contributed by atoms with Crippen LogP contribution in [0.3, 0.4) is 0 Å². The number of rotatable bonds is 2. The number of hydrogen-bond donors (Lipinski definition) is 3. The van der Waals surface area contributed by atoms with Crippen LogP contribution in [0.15, 0.2) is 12.1 Å². The van der Waals surface area contributed by atoms with Gasteiger partial charge < -0.3 is 10.8 Å². The van der Waals surface area contributed by atoms with Gasteiger partial charge in [-0.15, -0.1) is 0 Å². The van der Waals surface area contributed by atoms with Crippen molar-refractivity contribution < 1.29 is 15.0 Å². The number of nitrogens with zero attached hydrogens (tertiary/aromatic N) is 2. The summed E-state index contributed by atoms with van der Waals surface area (Å²) in [6.07, 6.45) is 0.750. The molecule has 0 aliphatic carbocycles. The molecule has 0 fully saturated rings. The van der Waals surface area contributed by atoms with Crippen molar-refractivity contribution in [3.05, 3.63) is 37.9 Å². The fourth-order valence-electron chi connectivity index (χ4n) is 0.987. The van der Waals surface area contributed by atoms with Crippen molar-refractivity contribution in [2.75, 3.05) is 0 Å². The van der Waals surface area contributed by atoms with Gasteiger partial charge in [0.25, 0.3) is 5.69 Å². The Hall–Kier alpha value is -2.71. The standard InChI is InChI=1S/C7H6N2O5.CH4N2/c1-4-2-5(8(11)12)3-6(7(4)10)9(13)14;2-1-3/h2-3,10H,1H3;1H,(H3,2,3). The Morgan fingerprint density at radius 1 is 1.35 bits per heavy atom. The molecule has 4 N–H and O–H groups in total. The molecule has 0 amide bonds. The fourth-order valence-corrected chi connectivity index (χ4v) is 0.987. The largest absolute Gasteiger partial charge is 0.502 e. The van der Waals surface area contributed by atoms with Gasteiger partial charge in [0.05, 0.1) is 22.3 Å². The summed E-state index contributed by atoms with van der Waals surface area (Å²) in [5, 5.41) is 35.8. The molecule has 9 nitrogen and oxygen atoms in total. The Bertz CT molecular complexity index is 459. The number of aryl methyl sites for hydroxylation is 1. The Balaban J connectivity index is 0.000000770. The molecular weight excluding hydrogens is 232 g/mol. The number of phenolic OH excluding ortho intramolecular Hbond substituents is 1. The summed E-state index contributed by atoms with van der Waals surface area (Å²) >= 11 is 0. The lowest BCUT2D eigenvalue weighted by atomic mass is 10.1. The highest BCUT2D eigenvalue weighted by Gasteiger charge is 2.21. The molecule has 0 bridgehead atoms. The quantitative estimate of drug-likeness (QED) is 0.304. The van der Waals surface area contributed by atoms with Crippen molar-refractivity contribution in [2.45, 2.75) is 6.92 Å². The molecule has 0 saturated heterocycles. The molecule has 0 atom stereocenters. The number of phenols is 1. The van der Waals surface area contributed by atoms with Crippen molar-refractivity contribution in [1.82, 2.24) is 0 Å². The second kappa shape index (κ2) is 6.00. The molecule has 0 saturated carbocycles. The molecule has 1 aromatic rings. The van der Waals surface area contributed by atoms with Crippen molar-refractivity contribution in [2.24, 2.45) is 5.73 Å². The smallest absolute Gasteiger partial charge is 0.317 e. The van der Waals surface area contributed by atoms with E-state index in [2.05, 4.69) is 5.73 Å². The zero-order valence-corrected chi connectivity index (χ0v) is 8.78. The lowest BCUT2D eigenvalue weighted by molar-refractivity contribution is -0.394. The Morgan fingerprint density at radius 3 is 2.18 bits per heavy atom. The third-order valence-corrected chi connectivity index (χ3v) is 1.67. The molecule has 92 valence electrons. The van der Waals surface area contributed by atoms with Gasteiger partial charge in [0, 0.05) is 11.6 Å². The summed E-state index contributed by atoms with van der Waals surface area (Å²) in [6, 6.07) is 1.80. The number of nitrogens with two attached hydrogens (primary N) is 1. The van der Waals surface area contributed by atoms with Gasteiger partial charge in [0.1, 0.15) is 0 Å². The second-order valence-corrected chi connectivity index (χ2v) is 2.81. The second-order valence-electron chi connectivity index (χ2n) is 2.81. The zero-order chi connectivity index (χ0) is 13.6. The van der Waals surface area contributed by atoms with E-state index in [-0.39, 0.29) is 5.56 Å². The minimum atomic E-state index is -0.866. The van der Waals surface area contributed by atoms with Crippen molar-refractivity contribution >= 4 is 17.7 Å². The van der Waals surface area contributed by atoms with Gasteiger partial charge in [-0.1, -0.05) is 0 Å². The number of nitrogens with one attached hydrogen (secondary N) is 1. The van der Waals surface area contributed by atoms with Gasteiger partial charge in [0.2, 0.25) is 0 Å². The lowest BCUT2D eigenvalue weighted by Crippen LogP contribution is -1.94. The van der Waals surface area contributed by atoms with Crippen LogP contribution in [-0.2, 0) is 0 Å². The maximum absolute atomic E-state index is 10.4. The van der Waals surface area contributed by atoms with E-state index >= 15 is 0 Å². The number of benzene rings is 1. The average molecular weight is 242 g/mol. The molecule has 9 heteroatoms. The summed E-state index contributed by atoms with van der Waals surface area (Å²) in [4.78, 5) is 19.1. The van der Waals surface area contributed by atoms with Gasteiger partial charge >= 0.3 is 5.69 Å². The zero-order valence-electron chi connectivity index (χ0n) is 8.78. The number of hydrogen-bond acceptors (Lipinski definition) is 6. The minimum absolute atomic E-state index is 0.103. The number of aromatic hydroxyl groups is 1. The topological polar surface area (TPSA) is 156 Å². The molecule has 0 heterocycles. The lowest BCUT2D eigenvalue weighted by Gasteiger charge is -1.99.